The molecule has 0 saturated carbocycles. The fourth-order valence-electron chi connectivity index (χ4n) is 6.40. The van der Waals surface area contributed by atoms with Crippen molar-refractivity contribution in [2.75, 3.05) is 61.0 Å². The predicted molar refractivity (Wildman–Crippen MR) is 337 cm³/mol. The van der Waals surface area contributed by atoms with Gasteiger partial charge < -0.3 is 73.3 Å². The van der Waals surface area contributed by atoms with E-state index in [-0.39, 0.29) is 64.7 Å². The number of ether oxygens (including phenoxy) is 9. The number of rotatable bonds is 27. The molecular formula is C68H76O21. The van der Waals surface area contributed by atoms with Gasteiger partial charge in [-0.2, -0.15) is 0 Å². The van der Waals surface area contributed by atoms with Crippen LogP contribution in [-0.4, -0.2) is 127 Å². The number of aromatic carboxylic acids is 6. The first kappa shape index (κ1) is 75.8. The summed E-state index contributed by atoms with van der Waals surface area (Å²) in [5.41, 5.74) is 4.22. The Kier molecular flexibility index (Phi) is 36.2. The van der Waals surface area contributed by atoms with Gasteiger partial charge in [0.05, 0.1) is 32.5 Å². The van der Waals surface area contributed by atoms with E-state index in [4.69, 9.17) is 73.3 Å². The van der Waals surface area contributed by atoms with Gasteiger partial charge in [0.2, 0.25) is 0 Å². The number of carboxylic acids is 6. The molecule has 474 valence electrons. The molecule has 0 amide bonds. The fourth-order valence-corrected chi connectivity index (χ4v) is 6.40. The molecule has 0 heterocycles. The summed E-state index contributed by atoms with van der Waals surface area (Å²) in [7, 11) is 4.44. The zero-order chi connectivity index (χ0) is 66.8. The number of methoxy groups -OCH3 is 3. The maximum atomic E-state index is 10.9. The summed E-state index contributed by atoms with van der Waals surface area (Å²) in [5.74, 6) is -2.08. The van der Waals surface area contributed by atoms with Crippen molar-refractivity contribution in [2.45, 2.75) is 34.6 Å². The van der Waals surface area contributed by atoms with Gasteiger partial charge in [0.1, 0.15) is 102 Å². The maximum Gasteiger partial charge on any atom is 0.339 e. The molecule has 0 radical (unpaired) electrons. The highest BCUT2D eigenvalue weighted by atomic mass is 16.5. The van der Waals surface area contributed by atoms with Crippen molar-refractivity contribution in [2.24, 2.45) is 0 Å². The molecule has 0 spiro atoms. The summed E-state index contributed by atoms with van der Waals surface area (Å²) in [6.45, 7) is 25.8. The minimum atomic E-state index is -1.05. The Balaban J connectivity index is 0.000000534. The molecule has 21 nitrogen and oxygen atoms in total. The molecule has 6 rings (SSSR count). The van der Waals surface area contributed by atoms with Gasteiger partial charge in [0.25, 0.3) is 0 Å². The topological polar surface area (TPSA) is 307 Å². The number of aryl methyl sites for hydroxylation is 1. The Labute approximate surface area is 517 Å². The van der Waals surface area contributed by atoms with Gasteiger partial charge in [-0.25, -0.2) is 28.8 Å². The van der Waals surface area contributed by atoms with Crippen LogP contribution in [0.25, 0.3) is 0 Å². The van der Waals surface area contributed by atoms with Crippen LogP contribution in [0.1, 0.15) is 95.4 Å². The highest BCUT2D eigenvalue weighted by Gasteiger charge is 2.17. The third-order valence-corrected chi connectivity index (χ3v) is 10.7. The number of carbonyl (C=O) groups is 6. The van der Waals surface area contributed by atoms with Crippen LogP contribution in [0.2, 0.25) is 0 Å². The van der Waals surface area contributed by atoms with E-state index >= 15 is 0 Å². The van der Waals surface area contributed by atoms with Crippen LogP contribution in [0.15, 0.2) is 195 Å². The van der Waals surface area contributed by atoms with Crippen molar-refractivity contribution in [3.8, 4) is 51.7 Å². The SMILES string of the molecule is C=CCOc1c(OC)cccc1C(=O)O.C=CCOc1cc(OC)ccc1C(=O)O.C=CCOc1ccc(C)cc1C(=O)O.C=CCOc1ccc(OC)cc1C(=O)O.CC(C)=CCOc1ccc(C(=O)O)cc1.CC(C)=CCOc1cccc(C(=O)O)c1. The van der Waals surface area contributed by atoms with Crippen LogP contribution in [0, 0.1) is 6.92 Å². The lowest BCUT2D eigenvalue weighted by Crippen LogP contribution is -2.04. The van der Waals surface area contributed by atoms with E-state index in [2.05, 4.69) is 26.3 Å². The zero-order valence-electron chi connectivity index (χ0n) is 50.9. The van der Waals surface area contributed by atoms with E-state index in [1.54, 1.807) is 85.0 Å². The highest BCUT2D eigenvalue weighted by Crippen LogP contribution is 2.31. The summed E-state index contributed by atoms with van der Waals surface area (Å²) in [6, 6.07) is 31.8. The largest absolute Gasteiger partial charge is 0.497 e. The van der Waals surface area contributed by atoms with Crippen LogP contribution in [0.3, 0.4) is 0 Å². The Bertz CT molecular complexity index is 3340. The monoisotopic (exact) mass is 1230 g/mol. The molecule has 0 fully saturated rings. The molecule has 21 heteroatoms. The van der Waals surface area contributed by atoms with E-state index in [0.717, 1.165) is 5.56 Å². The fraction of sp³-hybridized carbons (Fsp3) is 0.206. The maximum absolute atomic E-state index is 10.9. The van der Waals surface area contributed by atoms with Gasteiger partial charge in [0, 0.05) is 6.07 Å². The first-order valence-corrected chi connectivity index (χ1v) is 26.6. The van der Waals surface area contributed by atoms with Gasteiger partial charge >= 0.3 is 35.8 Å². The molecule has 0 aliphatic carbocycles. The number of carboxylic acid groups (broad SMARTS) is 6. The van der Waals surface area contributed by atoms with Crippen LogP contribution < -0.4 is 42.6 Å². The molecule has 0 bridgehead atoms. The standard InChI is InChI=1S/2C12H14O3.3C11H12O4.C11H12O3/c1-9(2)7-8-15-11-5-3-10(4-6-11)12(13)14;1-9(2)6-7-15-11-5-3-4-10(8-11)12(13)14;1-3-7-15-10-8(11(12)13)5-4-6-9(10)14-2;1-3-6-15-10-5-4-8(14-2)7-9(10)11(12)13;1-3-6-15-10-7-8(14-2)4-5-9(10)11(12)13;1-3-6-14-10-5-4-8(2)7-9(10)11(12)13/h3-7H,8H2,1-2H3,(H,13,14);3-6,8H,7H2,1-2H3,(H,13,14);3-6H,1,7H2,2H3,(H,12,13);2*3-5,7H,1,6H2,2H3,(H,12,13);3-5,7H,1,6H2,2H3,(H,12,13). The van der Waals surface area contributed by atoms with E-state index < -0.39 is 35.8 Å². The minimum absolute atomic E-state index is 0.0798. The first-order chi connectivity index (χ1) is 42.4. The van der Waals surface area contributed by atoms with E-state index in [1.165, 1.54) is 87.1 Å². The van der Waals surface area contributed by atoms with E-state index in [0.29, 0.717) is 60.1 Å². The smallest absolute Gasteiger partial charge is 0.339 e. The summed E-state index contributed by atoms with van der Waals surface area (Å²) in [6.07, 6.45) is 10.1. The number of hydrogen-bond donors (Lipinski definition) is 6. The van der Waals surface area contributed by atoms with Crippen molar-refractivity contribution >= 4 is 35.8 Å². The van der Waals surface area contributed by atoms with Crippen LogP contribution in [0.5, 0.6) is 51.7 Å². The third kappa shape index (κ3) is 29.9. The van der Waals surface area contributed by atoms with E-state index in [9.17, 15) is 28.8 Å². The molecule has 89 heavy (non-hydrogen) atoms. The second kappa shape index (κ2) is 42.6. The lowest BCUT2D eigenvalue weighted by atomic mass is 10.1. The quantitative estimate of drug-likeness (QED) is 0.0261. The molecular weight excluding hydrogens is 1150 g/mol. The molecule has 0 unspecified atom stereocenters. The molecule has 0 saturated heterocycles. The average molecular weight is 1230 g/mol. The molecule has 0 aromatic heterocycles. The van der Waals surface area contributed by atoms with Crippen molar-refractivity contribution in [3.63, 3.8) is 0 Å². The number of para-hydroxylation sites is 1. The minimum Gasteiger partial charge on any atom is -0.497 e. The third-order valence-electron chi connectivity index (χ3n) is 10.7. The van der Waals surface area contributed by atoms with Gasteiger partial charge in [-0.3, -0.25) is 0 Å². The summed E-state index contributed by atoms with van der Waals surface area (Å²) in [4.78, 5) is 64.7. The number of benzene rings is 6. The van der Waals surface area contributed by atoms with Crippen molar-refractivity contribution < 1.29 is 102 Å². The lowest BCUT2D eigenvalue weighted by molar-refractivity contribution is 0.0681. The number of allylic oxidation sites excluding steroid dienone is 2. The Morgan fingerprint density at radius 2 is 0.798 bits per heavy atom. The van der Waals surface area contributed by atoms with Crippen LogP contribution in [-0.2, 0) is 0 Å². The summed E-state index contributed by atoms with van der Waals surface area (Å²) >= 11 is 0. The van der Waals surface area contributed by atoms with Gasteiger partial charge in [-0.05, 0) is 144 Å². The highest BCUT2D eigenvalue weighted by molar-refractivity contribution is 5.93. The van der Waals surface area contributed by atoms with Crippen molar-refractivity contribution in [1.29, 1.82) is 0 Å². The lowest BCUT2D eigenvalue weighted by Gasteiger charge is -2.11. The van der Waals surface area contributed by atoms with Crippen molar-refractivity contribution in [3.05, 3.63) is 234 Å². The molecule has 6 aromatic rings. The molecule has 0 aliphatic heterocycles. The molecule has 0 atom stereocenters. The summed E-state index contributed by atoms with van der Waals surface area (Å²) < 4.78 is 46.5. The first-order valence-electron chi connectivity index (χ1n) is 26.6. The molecule has 0 aliphatic rings. The van der Waals surface area contributed by atoms with Crippen molar-refractivity contribution in [1.82, 2.24) is 0 Å². The second-order valence-corrected chi connectivity index (χ2v) is 18.0. The van der Waals surface area contributed by atoms with E-state index in [1.807, 2.05) is 52.8 Å². The molecule has 6 N–H and O–H groups in total. The Hall–Kier alpha value is -11.2. The van der Waals surface area contributed by atoms with Gasteiger partial charge in [-0.1, -0.05) is 85.5 Å². The predicted octanol–water partition coefficient (Wildman–Crippen LogP) is 13.6. The zero-order valence-corrected chi connectivity index (χ0v) is 50.9. The Morgan fingerprint density at radius 3 is 1.27 bits per heavy atom. The summed E-state index contributed by atoms with van der Waals surface area (Å²) in [5, 5.41) is 53.0. The van der Waals surface area contributed by atoms with Crippen LogP contribution in [0.4, 0.5) is 0 Å². The molecule has 6 aromatic carbocycles. The second-order valence-electron chi connectivity index (χ2n) is 18.0. The normalized spacial score (nSPS) is 9.44. The average Bonchev–Trinajstić information content (AvgIpc) is 3.68. The van der Waals surface area contributed by atoms with Crippen LogP contribution >= 0.6 is 0 Å². The number of hydrogen-bond acceptors (Lipinski definition) is 15. The van der Waals surface area contributed by atoms with Gasteiger partial charge in [-0.15, -0.1) is 0 Å². The Morgan fingerprint density at radius 1 is 0.360 bits per heavy atom. The van der Waals surface area contributed by atoms with Gasteiger partial charge in [0.15, 0.2) is 11.5 Å².